The lowest BCUT2D eigenvalue weighted by atomic mass is 10.2. The molecule has 0 radical (unpaired) electrons. The van der Waals surface area contributed by atoms with Crippen molar-refractivity contribution in [2.75, 3.05) is 20.8 Å². The minimum Gasteiger partial charge on any atom is -0.382 e. The van der Waals surface area contributed by atoms with E-state index in [0.717, 1.165) is 11.5 Å². The Morgan fingerprint density at radius 2 is 2.12 bits per heavy atom. The van der Waals surface area contributed by atoms with E-state index in [1.54, 1.807) is 31.5 Å². The maximum absolute atomic E-state index is 12.5. The maximum Gasteiger partial charge on any atom is 0.318 e. The van der Waals surface area contributed by atoms with E-state index in [-0.39, 0.29) is 12.1 Å². The molecule has 1 atom stereocenters. The molecule has 2 aromatic heterocycles. The molecular formula is C17H25N5O2. The highest BCUT2D eigenvalue weighted by Gasteiger charge is 2.23. The second-order valence-electron chi connectivity index (χ2n) is 5.84. The lowest BCUT2D eigenvalue weighted by Crippen LogP contribution is -2.41. The van der Waals surface area contributed by atoms with Crippen molar-refractivity contribution in [3.8, 4) is 0 Å². The first kappa shape index (κ1) is 17.9. The van der Waals surface area contributed by atoms with Gasteiger partial charge in [0.15, 0.2) is 0 Å². The number of ether oxygens (including phenoxy) is 1. The van der Waals surface area contributed by atoms with Crippen LogP contribution in [0.1, 0.15) is 37.4 Å². The maximum atomic E-state index is 12.5. The normalized spacial score (nSPS) is 12.2. The fourth-order valence-corrected chi connectivity index (χ4v) is 2.50. The molecule has 0 fully saturated rings. The van der Waals surface area contributed by atoms with Gasteiger partial charge in [-0.1, -0.05) is 6.07 Å². The summed E-state index contributed by atoms with van der Waals surface area (Å²) < 4.78 is 7.29. The summed E-state index contributed by atoms with van der Waals surface area (Å²) in [6.45, 7) is 4.90. The predicted octanol–water partition coefficient (Wildman–Crippen LogP) is 2.39. The van der Waals surface area contributed by atoms with Gasteiger partial charge in [0.05, 0.1) is 24.9 Å². The van der Waals surface area contributed by atoms with Crippen LogP contribution >= 0.6 is 0 Å². The molecule has 0 bridgehead atoms. The molecule has 0 aliphatic heterocycles. The van der Waals surface area contributed by atoms with Crippen molar-refractivity contribution in [1.82, 2.24) is 24.8 Å². The first-order valence-corrected chi connectivity index (χ1v) is 7.96. The molecule has 0 saturated carbocycles. The Morgan fingerprint density at radius 1 is 1.33 bits per heavy atom. The molecule has 0 aliphatic carbocycles. The highest BCUT2D eigenvalue weighted by molar-refractivity contribution is 5.74. The number of rotatable bonds is 7. The SMILES string of the molecule is COCC(c1ccccn1)N(C)C(=O)NCc1nccn1C(C)C. The summed E-state index contributed by atoms with van der Waals surface area (Å²) in [6, 6.07) is 5.49. The van der Waals surface area contributed by atoms with Crippen LogP contribution in [0, 0.1) is 0 Å². The number of likely N-dealkylation sites (N-methyl/N-ethyl adjacent to an activating group) is 1. The fraction of sp³-hybridized carbons (Fsp3) is 0.471. The summed E-state index contributed by atoms with van der Waals surface area (Å²) in [5.41, 5.74) is 0.792. The predicted molar refractivity (Wildman–Crippen MR) is 91.5 cm³/mol. The number of carbonyl (C=O) groups excluding carboxylic acids is 1. The van der Waals surface area contributed by atoms with E-state index >= 15 is 0 Å². The number of methoxy groups -OCH3 is 1. The minimum atomic E-state index is -0.249. The summed E-state index contributed by atoms with van der Waals surface area (Å²) in [7, 11) is 3.35. The van der Waals surface area contributed by atoms with Gasteiger partial charge < -0.3 is 19.5 Å². The average molecular weight is 331 g/mol. The number of imidazole rings is 1. The number of nitrogens with zero attached hydrogens (tertiary/aromatic N) is 4. The third-order valence-electron chi connectivity index (χ3n) is 3.84. The molecule has 0 spiro atoms. The van der Waals surface area contributed by atoms with Crippen LogP contribution in [0.4, 0.5) is 4.79 Å². The first-order valence-electron chi connectivity index (χ1n) is 7.96. The Hall–Kier alpha value is -2.41. The molecule has 7 nitrogen and oxygen atoms in total. The van der Waals surface area contributed by atoms with E-state index in [1.807, 2.05) is 29.0 Å². The largest absolute Gasteiger partial charge is 0.382 e. The lowest BCUT2D eigenvalue weighted by Gasteiger charge is -2.27. The van der Waals surface area contributed by atoms with Crippen molar-refractivity contribution in [3.05, 3.63) is 48.3 Å². The molecule has 0 aromatic carbocycles. The number of hydrogen-bond donors (Lipinski definition) is 1. The fourth-order valence-electron chi connectivity index (χ4n) is 2.50. The van der Waals surface area contributed by atoms with Crippen molar-refractivity contribution in [2.45, 2.75) is 32.5 Å². The molecule has 1 N–H and O–H groups in total. The molecule has 2 amide bonds. The first-order chi connectivity index (χ1) is 11.5. The standard InChI is InChI=1S/C17H25N5O2/c1-13(2)22-10-9-19-16(22)11-20-17(23)21(3)15(12-24-4)14-7-5-6-8-18-14/h5-10,13,15H,11-12H2,1-4H3,(H,20,23). The molecule has 2 aromatic rings. The molecule has 2 rings (SSSR count). The number of hydrogen-bond acceptors (Lipinski definition) is 4. The van der Waals surface area contributed by atoms with E-state index < -0.39 is 0 Å². The van der Waals surface area contributed by atoms with Crippen LogP contribution < -0.4 is 5.32 Å². The van der Waals surface area contributed by atoms with Crippen molar-refractivity contribution in [2.24, 2.45) is 0 Å². The zero-order valence-electron chi connectivity index (χ0n) is 14.6. The highest BCUT2D eigenvalue weighted by atomic mass is 16.5. The topological polar surface area (TPSA) is 72.3 Å². The summed E-state index contributed by atoms with van der Waals surface area (Å²) in [6.07, 6.45) is 5.37. The minimum absolute atomic E-state index is 0.194. The summed E-state index contributed by atoms with van der Waals surface area (Å²) in [5.74, 6) is 0.827. The van der Waals surface area contributed by atoms with Crippen LogP contribution in [0.3, 0.4) is 0 Å². The zero-order chi connectivity index (χ0) is 17.5. The lowest BCUT2D eigenvalue weighted by molar-refractivity contribution is 0.114. The number of urea groups is 1. The van der Waals surface area contributed by atoms with Gasteiger partial charge in [0.1, 0.15) is 5.82 Å². The third kappa shape index (κ3) is 4.32. The Balaban J connectivity index is 2.03. The van der Waals surface area contributed by atoms with E-state index in [9.17, 15) is 4.79 Å². The molecule has 24 heavy (non-hydrogen) atoms. The molecule has 0 aliphatic rings. The van der Waals surface area contributed by atoms with Gasteiger partial charge in [0.2, 0.25) is 0 Å². The zero-order valence-corrected chi connectivity index (χ0v) is 14.6. The summed E-state index contributed by atoms with van der Waals surface area (Å²) >= 11 is 0. The van der Waals surface area contributed by atoms with Crippen molar-refractivity contribution in [1.29, 1.82) is 0 Å². The Bertz CT molecular complexity index is 641. The van der Waals surface area contributed by atoms with Gasteiger partial charge in [0, 0.05) is 38.8 Å². The number of nitrogens with one attached hydrogen (secondary N) is 1. The average Bonchev–Trinajstić information content (AvgIpc) is 3.06. The van der Waals surface area contributed by atoms with Crippen molar-refractivity contribution >= 4 is 6.03 Å². The van der Waals surface area contributed by atoms with Crippen LogP contribution in [0.2, 0.25) is 0 Å². The van der Waals surface area contributed by atoms with Crippen LogP contribution in [0.25, 0.3) is 0 Å². The summed E-state index contributed by atoms with van der Waals surface area (Å²) in [5, 5.41) is 2.91. The summed E-state index contributed by atoms with van der Waals surface area (Å²) in [4.78, 5) is 22.7. The van der Waals surface area contributed by atoms with Crippen molar-refractivity contribution in [3.63, 3.8) is 0 Å². The van der Waals surface area contributed by atoms with Gasteiger partial charge in [-0.05, 0) is 26.0 Å². The van der Waals surface area contributed by atoms with E-state index in [0.29, 0.717) is 19.2 Å². The monoisotopic (exact) mass is 331 g/mol. The van der Waals surface area contributed by atoms with Gasteiger partial charge in [-0.15, -0.1) is 0 Å². The molecule has 0 saturated heterocycles. The van der Waals surface area contributed by atoms with Crippen LogP contribution in [-0.4, -0.2) is 46.2 Å². The number of carbonyl (C=O) groups is 1. The Labute approximate surface area is 142 Å². The second kappa shape index (κ2) is 8.44. The van der Waals surface area contributed by atoms with Crippen LogP contribution in [-0.2, 0) is 11.3 Å². The Morgan fingerprint density at radius 3 is 2.75 bits per heavy atom. The van der Waals surface area contributed by atoms with Gasteiger partial charge in [0.25, 0.3) is 0 Å². The van der Waals surface area contributed by atoms with Crippen LogP contribution in [0.15, 0.2) is 36.8 Å². The third-order valence-corrected chi connectivity index (χ3v) is 3.84. The molecule has 1 unspecified atom stereocenters. The van der Waals surface area contributed by atoms with E-state index in [1.165, 1.54) is 0 Å². The molecule has 2 heterocycles. The molecular weight excluding hydrogens is 306 g/mol. The second-order valence-corrected chi connectivity index (χ2v) is 5.84. The molecule has 7 heteroatoms. The van der Waals surface area contributed by atoms with Gasteiger partial charge in [-0.2, -0.15) is 0 Å². The van der Waals surface area contributed by atoms with Gasteiger partial charge in [-0.3, -0.25) is 4.98 Å². The van der Waals surface area contributed by atoms with E-state index in [4.69, 9.17) is 4.74 Å². The number of aromatic nitrogens is 3. The van der Waals surface area contributed by atoms with Gasteiger partial charge in [-0.25, -0.2) is 9.78 Å². The highest BCUT2D eigenvalue weighted by Crippen LogP contribution is 2.17. The quantitative estimate of drug-likeness (QED) is 0.845. The molecule has 130 valence electrons. The Kier molecular flexibility index (Phi) is 6.31. The smallest absolute Gasteiger partial charge is 0.318 e. The number of amides is 2. The van der Waals surface area contributed by atoms with Gasteiger partial charge >= 0.3 is 6.03 Å². The van der Waals surface area contributed by atoms with Crippen molar-refractivity contribution < 1.29 is 9.53 Å². The number of pyridine rings is 1. The van der Waals surface area contributed by atoms with E-state index in [2.05, 4.69) is 29.1 Å². The van der Waals surface area contributed by atoms with Crippen LogP contribution in [0.5, 0.6) is 0 Å².